The number of hydrogen-bond acceptors (Lipinski definition) is 3. The van der Waals surface area contributed by atoms with Gasteiger partial charge in [0.15, 0.2) is 6.61 Å². The topological polar surface area (TPSA) is 29.5 Å². The molecule has 0 N–H and O–H groups in total. The number of thioether (sulfide) groups is 1. The van der Waals surface area contributed by atoms with Crippen molar-refractivity contribution in [1.82, 2.24) is 4.90 Å². The van der Waals surface area contributed by atoms with E-state index in [1.807, 2.05) is 18.2 Å². The maximum Gasteiger partial charge on any atom is 0.261 e. The molecule has 1 amide bonds. The van der Waals surface area contributed by atoms with Gasteiger partial charge >= 0.3 is 0 Å². The summed E-state index contributed by atoms with van der Waals surface area (Å²) in [5.74, 6) is -0.158. The van der Waals surface area contributed by atoms with E-state index in [1.165, 1.54) is 23.9 Å². The van der Waals surface area contributed by atoms with Crippen molar-refractivity contribution in [2.75, 3.05) is 18.9 Å². The Morgan fingerprint density at radius 1 is 1.22 bits per heavy atom. The maximum atomic E-state index is 14.0. The highest BCUT2D eigenvalue weighted by Crippen LogP contribution is 2.39. The van der Waals surface area contributed by atoms with E-state index in [1.54, 1.807) is 17.0 Å². The molecule has 1 saturated heterocycles. The monoisotopic (exact) mass is 335 g/mol. The van der Waals surface area contributed by atoms with Crippen LogP contribution in [0.15, 0.2) is 48.5 Å². The van der Waals surface area contributed by atoms with E-state index in [9.17, 15) is 13.6 Å². The molecule has 6 heteroatoms. The maximum absolute atomic E-state index is 14.0. The normalized spacial score (nSPS) is 17.3. The molecular formula is C17H15F2NO2S. The van der Waals surface area contributed by atoms with Crippen LogP contribution in [-0.4, -0.2) is 29.7 Å². The first-order chi connectivity index (χ1) is 11.1. The first kappa shape index (κ1) is 15.8. The summed E-state index contributed by atoms with van der Waals surface area (Å²) in [5.41, 5.74) is 0.321. The smallest absolute Gasteiger partial charge is 0.261 e. The van der Waals surface area contributed by atoms with Crippen molar-refractivity contribution in [2.24, 2.45) is 0 Å². The first-order valence-corrected chi connectivity index (χ1v) is 8.24. The third kappa shape index (κ3) is 3.64. The predicted octanol–water partition coefficient (Wildman–Crippen LogP) is 3.62. The van der Waals surface area contributed by atoms with Crippen LogP contribution in [0, 0.1) is 11.6 Å². The largest absolute Gasteiger partial charge is 0.484 e. The molecule has 0 radical (unpaired) electrons. The van der Waals surface area contributed by atoms with Gasteiger partial charge in [-0.15, -0.1) is 11.8 Å². The van der Waals surface area contributed by atoms with Crippen molar-refractivity contribution < 1.29 is 18.3 Å². The lowest BCUT2D eigenvalue weighted by molar-refractivity contribution is -0.133. The SMILES string of the molecule is O=C(COc1ccccc1)N1CCS[C@@H]1c1ccc(F)cc1F. The van der Waals surface area contributed by atoms with Crippen LogP contribution in [0.1, 0.15) is 10.9 Å². The molecule has 0 bridgehead atoms. The van der Waals surface area contributed by atoms with Crippen molar-refractivity contribution in [3.63, 3.8) is 0 Å². The molecule has 120 valence electrons. The van der Waals surface area contributed by atoms with E-state index in [2.05, 4.69) is 0 Å². The molecule has 3 nitrogen and oxygen atoms in total. The lowest BCUT2D eigenvalue weighted by Crippen LogP contribution is -2.34. The van der Waals surface area contributed by atoms with Crippen LogP contribution in [0.2, 0.25) is 0 Å². The van der Waals surface area contributed by atoms with Gasteiger partial charge < -0.3 is 9.64 Å². The number of ether oxygens (including phenoxy) is 1. The predicted molar refractivity (Wildman–Crippen MR) is 85.2 cm³/mol. The molecule has 2 aromatic rings. The molecule has 3 rings (SSSR count). The minimum Gasteiger partial charge on any atom is -0.484 e. The Morgan fingerprint density at radius 2 is 2.00 bits per heavy atom. The summed E-state index contributed by atoms with van der Waals surface area (Å²) in [4.78, 5) is 13.9. The fraction of sp³-hybridized carbons (Fsp3) is 0.235. The van der Waals surface area contributed by atoms with Crippen LogP contribution in [0.3, 0.4) is 0 Å². The third-order valence-corrected chi connectivity index (χ3v) is 4.79. The van der Waals surface area contributed by atoms with Gasteiger partial charge in [-0.2, -0.15) is 0 Å². The third-order valence-electron chi connectivity index (χ3n) is 3.55. The number of para-hydroxylation sites is 1. The van der Waals surface area contributed by atoms with Gasteiger partial charge in [-0.25, -0.2) is 8.78 Å². The number of nitrogens with zero attached hydrogens (tertiary/aromatic N) is 1. The van der Waals surface area contributed by atoms with Crippen LogP contribution < -0.4 is 4.74 Å². The highest BCUT2D eigenvalue weighted by Gasteiger charge is 2.32. The van der Waals surface area contributed by atoms with Crippen LogP contribution in [0.4, 0.5) is 8.78 Å². The van der Waals surface area contributed by atoms with E-state index < -0.39 is 17.0 Å². The van der Waals surface area contributed by atoms with Gasteiger partial charge in [-0.3, -0.25) is 4.79 Å². The molecule has 0 saturated carbocycles. The number of rotatable bonds is 4. The van der Waals surface area contributed by atoms with Crippen LogP contribution in [0.5, 0.6) is 5.75 Å². The second kappa shape index (κ2) is 7.00. The van der Waals surface area contributed by atoms with Gasteiger partial charge in [0.25, 0.3) is 5.91 Å². The molecule has 23 heavy (non-hydrogen) atoms. The molecule has 1 aliphatic rings. The summed E-state index contributed by atoms with van der Waals surface area (Å²) in [7, 11) is 0. The molecule has 0 aromatic heterocycles. The van der Waals surface area contributed by atoms with Crippen molar-refractivity contribution in [3.05, 3.63) is 65.7 Å². The number of carbonyl (C=O) groups excluding carboxylic acids is 1. The van der Waals surface area contributed by atoms with Gasteiger partial charge in [-0.05, 0) is 18.2 Å². The summed E-state index contributed by atoms with van der Waals surface area (Å²) in [6.07, 6.45) is 0. The molecule has 2 aromatic carbocycles. The number of halogens is 2. The lowest BCUT2D eigenvalue weighted by Gasteiger charge is -2.24. The van der Waals surface area contributed by atoms with Gasteiger partial charge in [0.1, 0.15) is 22.8 Å². The average Bonchev–Trinajstić information content (AvgIpc) is 3.03. The Hall–Kier alpha value is -2.08. The molecule has 1 fully saturated rings. The fourth-order valence-corrected chi connectivity index (χ4v) is 3.73. The Labute approximate surface area is 137 Å². The zero-order valence-corrected chi connectivity index (χ0v) is 13.1. The summed E-state index contributed by atoms with van der Waals surface area (Å²) >= 11 is 1.46. The Kier molecular flexibility index (Phi) is 4.81. The van der Waals surface area contributed by atoms with Gasteiger partial charge in [0.05, 0.1) is 0 Å². The molecule has 1 heterocycles. The van der Waals surface area contributed by atoms with E-state index in [4.69, 9.17) is 4.74 Å². The lowest BCUT2D eigenvalue weighted by atomic mass is 10.2. The standard InChI is InChI=1S/C17H15F2NO2S/c18-12-6-7-14(15(19)10-12)17-20(8-9-23-17)16(21)11-22-13-4-2-1-3-5-13/h1-7,10,17H,8-9,11H2/t17-/m1/s1. The van der Waals surface area contributed by atoms with Crippen molar-refractivity contribution in [1.29, 1.82) is 0 Å². The van der Waals surface area contributed by atoms with Crippen LogP contribution in [-0.2, 0) is 4.79 Å². The number of carbonyl (C=O) groups is 1. The summed E-state index contributed by atoms with van der Waals surface area (Å²) in [6.45, 7) is 0.410. The molecular weight excluding hydrogens is 320 g/mol. The van der Waals surface area contributed by atoms with E-state index in [-0.39, 0.29) is 12.5 Å². The summed E-state index contributed by atoms with van der Waals surface area (Å²) in [6, 6.07) is 12.5. The highest BCUT2D eigenvalue weighted by molar-refractivity contribution is 7.99. The minimum atomic E-state index is -0.633. The summed E-state index contributed by atoms with van der Waals surface area (Å²) in [5, 5.41) is -0.442. The molecule has 0 aliphatic carbocycles. The zero-order valence-electron chi connectivity index (χ0n) is 12.2. The van der Waals surface area contributed by atoms with E-state index >= 15 is 0 Å². The first-order valence-electron chi connectivity index (χ1n) is 7.19. The fourth-order valence-electron chi connectivity index (χ4n) is 2.43. The molecule has 0 unspecified atom stereocenters. The van der Waals surface area contributed by atoms with Crippen molar-refractivity contribution in [3.8, 4) is 5.75 Å². The van der Waals surface area contributed by atoms with Gasteiger partial charge in [0, 0.05) is 23.9 Å². The Morgan fingerprint density at radius 3 is 2.74 bits per heavy atom. The highest BCUT2D eigenvalue weighted by atomic mass is 32.2. The van der Waals surface area contributed by atoms with Gasteiger partial charge in [-0.1, -0.05) is 24.3 Å². The zero-order chi connectivity index (χ0) is 16.2. The van der Waals surface area contributed by atoms with E-state index in [0.717, 1.165) is 6.07 Å². The number of benzene rings is 2. The number of hydrogen-bond donors (Lipinski definition) is 0. The van der Waals surface area contributed by atoms with Gasteiger partial charge in [0.2, 0.25) is 0 Å². The van der Waals surface area contributed by atoms with Crippen molar-refractivity contribution >= 4 is 17.7 Å². The minimum absolute atomic E-state index is 0.107. The molecule has 1 aliphatic heterocycles. The van der Waals surface area contributed by atoms with E-state index in [0.29, 0.717) is 23.6 Å². The summed E-state index contributed by atoms with van der Waals surface area (Å²) < 4.78 is 32.5. The average molecular weight is 335 g/mol. The van der Waals surface area contributed by atoms with Crippen LogP contribution >= 0.6 is 11.8 Å². The molecule has 0 spiro atoms. The van der Waals surface area contributed by atoms with Crippen LogP contribution in [0.25, 0.3) is 0 Å². The number of amides is 1. The quantitative estimate of drug-likeness (QED) is 0.855. The second-order valence-corrected chi connectivity index (χ2v) is 6.27. The molecule has 1 atom stereocenters. The Balaban J connectivity index is 1.69. The van der Waals surface area contributed by atoms with Crippen molar-refractivity contribution in [2.45, 2.75) is 5.37 Å². The second-order valence-electron chi connectivity index (χ2n) is 5.08. The Bertz CT molecular complexity index is 696.